The van der Waals surface area contributed by atoms with Crippen LogP contribution < -0.4 is 5.32 Å². The molecule has 3 aromatic rings. The van der Waals surface area contributed by atoms with Gasteiger partial charge in [0.2, 0.25) is 0 Å². The summed E-state index contributed by atoms with van der Waals surface area (Å²) in [4.78, 5) is 20.2. The molecule has 1 aliphatic heterocycles. The van der Waals surface area contributed by atoms with Crippen molar-refractivity contribution in [2.24, 2.45) is 5.92 Å². The van der Waals surface area contributed by atoms with Crippen molar-refractivity contribution in [3.8, 4) is 11.3 Å². The number of halogens is 2. The molecule has 1 amide bonds. The number of rotatable bonds is 4. The quantitative estimate of drug-likeness (QED) is 0.643. The van der Waals surface area contributed by atoms with Gasteiger partial charge in [-0.3, -0.25) is 4.79 Å². The summed E-state index contributed by atoms with van der Waals surface area (Å²) in [6.07, 6.45) is 2.24. The number of fused-ring (bicyclic) bond motifs is 1. The van der Waals surface area contributed by atoms with E-state index < -0.39 is 0 Å². The molecule has 2 aromatic carbocycles. The molecular formula is C23H27Cl2N3O. The number of aromatic nitrogens is 1. The summed E-state index contributed by atoms with van der Waals surface area (Å²) < 4.78 is 0. The van der Waals surface area contributed by atoms with Crippen LogP contribution in [0.5, 0.6) is 0 Å². The molecular weight excluding hydrogens is 405 g/mol. The van der Waals surface area contributed by atoms with E-state index in [1.165, 1.54) is 6.42 Å². The molecule has 154 valence electrons. The van der Waals surface area contributed by atoms with Gasteiger partial charge in [-0.15, -0.1) is 24.8 Å². The first-order valence-electron chi connectivity index (χ1n) is 9.65. The lowest BCUT2D eigenvalue weighted by atomic mass is 9.96. The van der Waals surface area contributed by atoms with E-state index in [-0.39, 0.29) is 30.7 Å². The highest BCUT2D eigenvalue weighted by molar-refractivity contribution is 6.07. The number of amides is 1. The van der Waals surface area contributed by atoms with Gasteiger partial charge >= 0.3 is 0 Å². The van der Waals surface area contributed by atoms with Crippen LogP contribution in [0.15, 0.2) is 60.7 Å². The maximum absolute atomic E-state index is 13.4. The molecule has 4 nitrogen and oxygen atoms in total. The lowest BCUT2D eigenvalue weighted by Crippen LogP contribution is -2.42. The second-order valence-electron chi connectivity index (χ2n) is 7.26. The van der Waals surface area contributed by atoms with Crippen molar-refractivity contribution in [1.29, 1.82) is 0 Å². The molecule has 0 bridgehead atoms. The molecule has 6 heteroatoms. The number of nitrogens with one attached hydrogen (secondary N) is 1. The first-order valence-corrected chi connectivity index (χ1v) is 9.65. The fraction of sp³-hybridized carbons (Fsp3) is 0.304. The van der Waals surface area contributed by atoms with E-state index in [4.69, 9.17) is 4.98 Å². The van der Waals surface area contributed by atoms with Gasteiger partial charge in [0.25, 0.3) is 5.91 Å². The van der Waals surface area contributed by atoms with Crippen LogP contribution in [0.25, 0.3) is 22.2 Å². The number of pyridine rings is 1. The van der Waals surface area contributed by atoms with Crippen LogP contribution in [0, 0.1) is 5.92 Å². The van der Waals surface area contributed by atoms with Gasteiger partial charge in [0.05, 0.1) is 16.8 Å². The van der Waals surface area contributed by atoms with Crippen LogP contribution in [-0.2, 0) is 0 Å². The number of nitrogens with zero attached hydrogens (tertiary/aromatic N) is 2. The average Bonchev–Trinajstić information content (AvgIpc) is 2.73. The second-order valence-corrected chi connectivity index (χ2v) is 7.26. The average molecular weight is 432 g/mol. The van der Waals surface area contributed by atoms with Crippen molar-refractivity contribution < 1.29 is 4.79 Å². The van der Waals surface area contributed by atoms with Crippen molar-refractivity contribution in [2.45, 2.75) is 12.8 Å². The lowest BCUT2D eigenvalue weighted by Gasteiger charge is -2.33. The fourth-order valence-electron chi connectivity index (χ4n) is 3.98. The van der Waals surface area contributed by atoms with E-state index in [2.05, 4.69) is 5.32 Å². The summed E-state index contributed by atoms with van der Waals surface area (Å²) in [6, 6.07) is 20.0. The topological polar surface area (TPSA) is 45.2 Å². The Bertz CT molecular complexity index is 947. The van der Waals surface area contributed by atoms with E-state index in [1.807, 2.05) is 72.6 Å². The smallest absolute Gasteiger partial charge is 0.254 e. The third-order valence-electron chi connectivity index (χ3n) is 5.32. The van der Waals surface area contributed by atoms with E-state index in [1.54, 1.807) is 0 Å². The molecule has 0 aliphatic carbocycles. The first-order chi connectivity index (χ1) is 13.3. The van der Waals surface area contributed by atoms with Crippen molar-refractivity contribution in [2.75, 3.05) is 26.7 Å². The van der Waals surface area contributed by atoms with Gasteiger partial charge in [-0.1, -0.05) is 48.5 Å². The van der Waals surface area contributed by atoms with Gasteiger partial charge in [-0.25, -0.2) is 4.98 Å². The van der Waals surface area contributed by atoms with Crippen LogP contribution in [0.3, 0.4) is 0 Å². The Morgan fingerprint density at radius 3 is 2.59 bits per heavy atom. The predicted octanol–water partition coefficient (Wildman–Crippen LogP) is 4.82. The molecule has 1 atom stereocenters. The Balaban J connectivity index is 0.00000150. The number of likely N-dealkylation sites (tertiary alicyclic amines) is 1. The molecule has 1 aromatic heterocycles. The maximum atomic E-state index is 13.4. The molecule has 1 N–H and O–H groups in total. The third kappa shape index (κ3) is 5.08. The maximum Gasteiger partial charge on any atom is 0.254 e. The standard InChI is InChI=1S/C23H25N3O.2ClH/c1-24-15-17-8-7-13-26(16-17)23(27)20-14-22(18-9-3-2-4-10-18)25-21-12-6-5-11-19(20)21;;/h2-6,9-12,14,17,24H,7-8,13,15-16H2,1H3;2*1H. The number of carbonyl (C=O) groups excluding carboxylic acids is 1. The summed E-state index contributed by atoms with van der Waals surface area (Å²) in [6.45, 7) is 2.60. The minimum atomic E-state index is 0. The van der Waals surface area contributed by atoms with Crippen LogP contribution >= 0.6 is 24.8 Å². The molecule has 1 aliphatic rings. The van der Waals surface area contributed by atoms with Gasteiger partial charge in [0, 0.05) is 24.0 Å². The molecule has 0 saturated carbocycles. The largest absolute Gasteiger partial charge is 0.338 e. The van der Waals surface area contributed by atoms with Crippen molar-refractivity contribution in [3.05, 3.63) is 66.2 Å². The number of hydrogen-bond acceptors (Lipinski definition) is 3. The zero-order valence-corrected chi connectivity index (χ0v) is 18.1. The second kappa shape index (κ2) is 10.6. The predicted molar refractivity (Wildman–Crippen MR) is 124 cm³/mol. The minimum absolute atomic E-state index is 0. The summed E-state index contributed by atoms with van der Waals surface area (Å²) in [5, 5.41) is 4.18. The van der Waals surface area contributed by atoms with Gasteiger partial charge in [-0.2, -0.15) is 0 Å². The van der Waals surface area contributed by atoms with Crippen molar-refractivity contribution in [1.82, 2.24) is 15.2 Å². The summed E-state index contributed by atoms with van der Waals surface area (Å²) >= 11 is 0. The van der Waals surface area contributed by atoms with E-state index in [9.17, 15) is 4.79 Å². The zero-order valence-electron chi connectivity index (χ0n) is 16.5. The molecule has 1 saturated heterocycles. The Kier molecular flexibility index (Phi) is 8.45. The van der Waals surface area contributed by atoms with Crippen LogP contribution in [0.4, 0.5) is 0 Å². The number of carbonyl (C=O) groups is 1. The van der Waals surface area contributed by atoms with Crippen LogP contribution in [0.1, 0.15) is 23.2 Å². The van der Waals surface area contributed by atoms with Crippen molar-refractivity contribution in [3.63, 3.8) is 0 Å². The number of hydrogen-bond donors (Lipinski definition) is 1. The summed E-state index contributed by atoms with van der Waals surface area (Å²) in [5.74, 6) is 0.640. The Labute approximate surface area is 184 Å². The number of para-hydroxylation sites is 1. The Morgan fingerprint density at radius 1 is 1.10 bits per heavy atom. The molecule has 29 heavy (non-hydrogen) atoms. The van der Waals surface area contributed by atoms with E-state index >= 15 is 0 Å². The normalized spacial score (nSPS) is 16.0. The van der Waals surface area contributed by atoms with E-state index in [0.717, 1.165) is 53.8 Å². The van der Waals surface area contributed by atoms with E-state index in [0.29, 0.717) is 5.92 Å². The zero-order chi connectivity index (χ0) is 18.6. The van der Waals surface area contributed by atoms with Gasteiger partial charge in [0.1, 0.15) is 0 Å². The number of benzene rings is 2. The SMILES string of the molecule is CNCC1CCCN(C(=O)c2cc(-c3ccccc3)nc3ccccc23)C1.Cl.Cl. The van der Waals surface area contributed by atoms with Gasteiger partial charge < -0.3 is 10.2 Å². The lowest BCUT2D eigenvalue weighted by molar-refractivity contribution is 0.0676. The first kappa shape index (κ1) is 23.1. The molecule has 0 radical (unpaired) electrons. The molecule has 4 rings (SSSR count). The highest BCUT2D eigenvalue weighted by Gasteiger charge is 2.25. The molecule has 0 spiro atoms. The van der Waals surface area contributed by atoms with Gasteiger partial charge in [-0.05, 0) is 44.5 Å². The highest BCUT2D eigenvalue weighted by Crippen LogP contribution is 2.27. The van der Waals surface area contributed by atoms with Crippen LogP contribution in [-0.4, -0.2) is 42.5 Å². The summed E-state index contributed by atoms with van der Waals surface area (Å²) in [5.41, 5.74) is 3.50. The molecule has 2 heterocycles. The van der Waals surface area contributed by atoms with Crippen molar-refractivity contribution >= 4 is 41.6 Å². The summed E-state index contributed by atoms with van der Waals surface area (Å²) in [7, 11) is 1.98. The minimum Gasteiger partial charge on any atom is -0.338 e. The monoisotopic (exact) mass is 431 g/mol. The Morgan fingerprint density at radius 2 is 1.83 bits per heavy atom. The van der Waals surface area contributed by atoms with Gasteiger partial charge in [0.15, 0.2) is 0 Å². The number of piperidine rings is 1. The fourth-order valence-corrected chi connectivity index (χ4v) is 3.98. The van der Waals surface area contributed by atoms with Crippen LogP contribution in [0.2, 0.25) is 0 Å². The third-order valence-corrected chi connectivity index (χ3v) is 5.32. The highest BCUT2D eigenvalue weighted by atomic mass is 35.5. The molecule has 1 unspecified atom stereocenters. The molecule has 1 fully saturated rings. The Hall–Kier alpha value is -2.14.